The molecule has 3 rings (SSSR count). The summed E-state index contributed by atoms with van der Waals surface area (Å²) in [4.78, 5) is 25.1. The first-order valence-electron chi connectivity index (χ1n) is 8.14. The number of amides is 1. The zero-order valence-electron chi connectivity index (χ0n) is 13.4. The number of hydrogen-bond donors (Lipinski definition) is 3. The highest BCUT2D eigenvalue weighted by Gasteiger charge is 2.20. The summed E-state index contributed by atoms with van der Waals surface area (Å²) in [5.41, 5.74) is 7.36. The first-order valence-corrected chi connectivity index (χ1v) is 8.14. The lowest BCUT2D eigenvalue weighted by Gasteiger charge is -2.31. The molecule has 0 radical (unpaired) electrons. The number of nitrogens with one attached hydrogen (secondary N) is 1. The number of hydrogen-bond acceptors (Lipinski definition) is 4. The van der Waals surface area contributed by atoms with Crippen molar-refractivity contribution in [2.24, 2.45) is 0 Å². The number of anilines is 1. The van der Waals surface area contributed by atoms with E-state index in [2.05, 4.69) is 10.2 Å². The Morgan fingerprint density at radius 2 is 1.96 bits per heavy atom. The van der Waals surface area contributed by atoms with E-state index in [0.717, 1.165) is 43.4 Å². The van der Waals surface area contributed by atoms with Crippen LogP contribution < -0.4 is 16.6 Å². The zero-order chi connectivity index (χ0) is 17.1. The number of nitrogen functional groups attached to an aromatic ring is 1. The molecular weight excluding hydrogens is 308 g/mol. The van der Waals surface area contributed by atoms with Crippen LogP contribution in [0.25, 0.3) is 10.9 Å². The molecule has 1 aromatic carbocycles. The first kappa shape index (κ1) is 16.3. The van der Waals surface area contributed by atoms with Crippen molar-refractivity contribution >= 4 is 22.7 Å². The Balaban J connectivity index is 1.65. The lowest BCUT2D eigenvalue weighted by atomic mass is 10.1. The van der Waals surface area contributed by atoms with E-state index in [1.54, 1.807) is 22.8 Å². The fourth-order valence-corrected chi connectivity index (χ4v) is 3.27. The number of nitrogens with zero attached hydrogens (tertiary/aromatic N) is 2. The number of piperidine rings is 1. The van der Waals surface area contributed by atoms with Crippen molar-refractivity contribution in [3.8, 4) is 0 Å². The quantitative estimate of drug-likeness (QED) is 0.734. The van der Waals surface area contributed by atoms with Gasteiger partial charge in [-0.25, -0.2) is 4.79 Å². The number of carboxylic acid groups (broad SMARTS) is 1. The highest BCUT2D eigenvalue weighted by molar-refractivity contribution is 5.82. The molecule has 0 spiro atoms. The van der Waals surface area contributed by atoms with Crippen molar-refractivity contribution in [2.75, 3.05) is 25.4 Å². The van der Waals surface area contributed by atoms with Crippen LogP contribution in [0.3, 0.4) is 0 Å². The van der Waals surface area contributed by atoms with E-state index in [1.807, 2.05) is 12.1 Å². The van der Waals surface area contributed by atoms with E-state index in [9.17, 15) is 9.59 Å². The molecule has 1 aromatic heterocycles. The molecule has 2 aromatic rings. The average molecular weight is 330 g/mol. The van der Waals surface area contributed by atoms with Gasteiger partial charge in [-0.15, -0.1) is 0 Å². The number of likely N-dealkylation sites (tertiary alicyclic amines) is 1. The van der Waals surface area contributed by atoms with Gasteiger partial charge in [0.05, 0.1) is 5.52 Å². The Morgan fingerprint density at radius 1 is 1.21 bits per heavy atom. The lowest BCUT2D eigenvalue weighted by Crippen LogP contribution is -2.45. The summed E-state index contributed by atoms with van der Waals surface area (Å²) in [6.45, 7) is 3.04. The van der Waals surface area contributed by atoms with E-state index < -0.39 is 6.09 Å². The minimum atomic E-state index is -0.963. The number of rotatable bonds is 4. The third-order valence-corrected chi connectivity index (χ3v) is 4.57. The van der Waals surface area contributed by atoms with Gasteiger partial charge in [0.2, 0.25) is 0 Å². The van der Waals surface area contributed by atoms with Gasteiger partial charge >= 0.3 is 6.09 Å². The van der Waals surface area contributed by atoms with E-state index >= 15 is 0 Å². The SMILES string of the molecule is Nc1ccc2c(ccc(=O)n2CCN2CCC(NC(=O)O)CC2)c1. The minimum Gasteiger partial charge on any atom is -0.465 e. The second-order valence-corrected chi connectivity index (χ2v) is 6.21. The molecule has 7 heteroatoms. The summed E-state index contributed by atoms with van der Waals surface area (Å²) in [5.74, 6) is 0. The number of carbonyl (C=O) groups is 1. The van der Waals surface area contributed by atoms with Gasteiger partial charge in [-0.05, 0) is 37.1 Å². The molecule has 1 aliphatic rings. The topological polar surface area (TPSA) is 101 Å². The summed E-state index contributed by atoms with van der Waals surface area (Å²) in [5, 5.41) is 12.3. The van der Waals surface area contributed by atoms with Gasteiger partial charge in [0.25, 0.3) is 5.56 Å². The van der Waals surface area contributed by atoms with Crippen molar-refractivity contribution in [2.45, 2.75) is 25.4 Å². The second-order valence-electron chi connectivity index (χ2n) is 6.21. The van der Waals surface area contributed by atoms with Crippen LogP contribution in [0.4, 0.5) is 10.5 Å². The summed E-state index contributed by atoms with van der Waals surface area (Å²) in [6.07, 6.45) is 0.635. The van der Waals surface area contributed by atoms with Crippen molar-refractivity contribution in [3.63, 3.8) is 0 Å². The highest BCUT2D eigenvalue weighted by atomic mass is 16.4. The van der Waals surface area contributed by atoms with Gasteiger partial charge in [-0.2, -0.15) is 0 Å². The van der Waals surface area contributed by atoms with Crippen molar-refractivity contribution in [1.29, 1.82) is 0 Å². The van der Waals surface area contributed by atoms with Crippen LogP contribution in [0.2, 0.25) is 0 Å². The molecule has 1 fully saturated rings. The molecule has 0 aliphatic carbocycles. The first-order chi connectivity index (χ1) is 11.5. The molecule has 1 saturated heterocycles. The van der Waals surface area contributed by atoms with Gasteiger partial charge in [0.15, 0.2) is 0 Å². The molecule has 2 heterocycles. The monoisotopic (exact) mass is 330 g/mol. The molecule has 24 heavy (non-hydrogen) atoms. The fraction of sp³-hybridized carbons (Fsp3) is 0.412. The third kappa shape index (κ3) is 3.68. The zero-order valence-corrected chi connectivity index (χ0v) is 13.4. The second kappa shape index (κ2) is 6.92. The Kier molecular flexibility index (Phi) is 4.71. The molecule has 4 N–H and O–H groups in total. The molecule has 1 aliphatic heterocycles. The number of benzene rings is 1. The Morgan fingerprint density at radius 3 is 2.67 bits per heavy atom. The fourth-order valence-electron chi connectivity index (χ4n) is 3.27. The summed E-state index contributed by atoms with van der Waals surface area (Å²) in [6, 6.07) is 8.96. The van der Waals surface area contributed by atoms with Crippen LogP contribution in [0.15, 0.2) is 35.1 Å². The van der Waals surface area contributed by atoms with Gasteiger partial charge in [-0.1, -0.05) is 0 Å². The van der Waals surface area contributed by atoms with E-state index in [4.69, 9.17) is 10.8 Å². The van der Waals surface area contributed by atoms with Gasteiger partial charge < -0.3 is 25.6 Å². The Labute approximate surface area is 139 Å². The normalized spacial score (nSPS) is 16.3. The predicted octanol–water partition coefficient (Wildman–Crippen LogP) is 1.32. The van der Waals surface area contributed by atoms with Gasteiger partial charge in [0.1, 0.15) is 0 Å². The number of fused-ring (bicyclic) bond motifs is 1. The maximum absolute atomic E-state index is 12.2. The van der Waals surface area contributed by atoms with Crippen molar-refractivity contribution in [3.05, 3.63) is 40.7 Å². The van der Waals surface area contributed by atoms with E-state index in [-0.39, 0.29) is 11.6 Å². The minimum absolute atomic E-state index is 0.0188. The van der Waals surface area contributed by atoms with Crippen LogP contribution in [0, 0.1) is 0 Å². The molecule has 7 nitrogen and oxygen atoms in total. The number of aromatic nitrogens is 1. The van der Waals surface area contributed by atoms with Crippen LogP contribution in [0.1, 0.15) is 12.8 Å². The number of nitrogens with two attached hydrogens (primary N) is 1. The molecule has 0 saturated carbocycles. The van der Waals surface area contributed by atoms with Crippen LogP contribution in [-0.2, 0) is 6.54 Å². The van der Waals surface area contributed by atoms with Crippen molar-refractivity contribution < 1.29 is 9.90 Å². The van der Waals surface area contributed by atoms with Gasteiger partial charge in [-0.3, -0.25) is 4.79 Å². The maximum atomic E-state index is 12.2. The average Bonchev–Trinajstić information content (AvgIpc) is 2.55. The molecular formula is C17H22N4O3. The molecule has 0 atom stereocenters. The maximum Gasteiger partial charge on any atom is 0.404 e. The van der Waals surface area contributed by atoms with Crippen molar-refractivity contribution in [1.82, 2.24) is 14.8 Å². The Bertz CT molecular complexity index is 794. The number of pyridine rings is 1. The van der Waals surface area contributed by atoms with Gasteiger partial charge in [0, 0.05) is 49.4 Å². The summed E-state index contributed by atoms with van der Waals surface area (Å²) >= 11 is 0. The molecule has 1 amide bonds. The molecule has 0 bridgehead atoms. The van der Waals surface area contributed by atoms with E-state index in [0.29, 0.717) is 12.2 Å². The molecule has 0 unspecified atom stereocenters. The van der Waals surface area contributed by atoms with Crippen LogP contribution in [-0.4, -0.2) is 46.3 Å². The van der Waals surface area contributed by atoms with Crippen LogP contribution >= 0.6 is 0 Å². The largest absolute Gasteiger partial charge is 0.465 e. The smallest absolute Gasteiger partial charge is 0.404 e. The Hall–Kier alpha value is -2.54. The van der Waals surface area contributed by atoms with E-state index in [1.165, 1.54) is 0 Å². The predicted molar refractivity (Wildman–Crippen MR) is 93.2 cm³/mol. The summed E-state index contributed by atoms with van der Waals surface area (Å²) < 4.78 is 1.77. The summed E-state index contributed by atoms with van der Waals surface area (Å²) in [7, 11) is 0. The lowest BCUT2D eigenvalue weighted by molar-refractivity contribution is 0.166. The standard InChI is InChI=1S/C17H22N4O3/c18-13-2-3-15-12(11-13)1-4-16(22)21(15)10-9-20-7-5-14(6-8-20)19-17(23)24/h1-4,11,14,19H,5-10,18H2,(H,23,24). The third-order valence-electron chi connectivity index (χ3n) is 4.57. The molecule has 128 valence electrons. The van der Waals surface area contributed by atoms with Crippen LogP contribution in [0.5, 0.6) is 0 Å². The highest BCUT2D eigenvalue weighted by Crippen LogP contribution is 2.16.